The van der Waals surface area contributed by atoms with E-state index in [1.807, 2.05) is 31.2 Å². The van der Waals surface area contributed by atoms with Crippen LogP contribution >= 0.6 is 0 Å². The number of methoxy groups -OCH3 is 1. The summed E-state index contributed by atoms with van der Waals surface area (Å²) in [5.74, 6) is 1.52. The molecule has 7 heteroatoms. The molecule has 0 saturated heterocycles. The maximum absolute atomic E-state index is 12.6. The van der Waals surface area contributed by atoms with Crippen molar-refractivity contribution in [3.8, 4) is 17.2 Å². The minimum Gasteiger partial charge on any atom is -0.497 e. The van der Waals surface area contributed by atoms with Crippen molar-refractivity contribution in [2.75, 3.05) is 39.2 Å². The number of nitrogens with zero attached hydrogens (tertiary/aromatic N) is 1. The van der Waals surface area contributed by atoms with Gasteiger partial charge in [0.25, 0.3) is 11.8 Å². The van der Waals surface area contributed by atoms with Crippen LogP contribution < -0.4 is 19.5 Å². The van der Waals surface area contributed by atoms with Crippen molar-refractivity contribution in [1.29, 1.82) is 0 Å². The molecule has 2 amide bonds. The Morgan fingerprint density at radius 1 is 0.879 bits per heavy atom. The number of hydrogen-bond donors (Lipinski definition) is 1. The summed E-state index contributed by atoms with van der Waals surface area (Å²) in [7, 11) is 3.30. The lowest BCUT2D eigenvalue weighted by molar-refractivity contribution is -0.118. The molecule has 0 atom stereocenters. The lowest BCUT2D eigenvalue weighted by Crippen LogP contribution is -2.30. The molecule has 0 aromatic heterocycles. The van der Waals surface area contributed by atoms with Gasteiger partial charge in [0.1, 0.15) is 23.9 Å². The van der Waals surface area contributed by atoms with Gasteiger partial charge in [-0.2, -0.15) is 0 Å². The van der Waals surface area contributed by atoms with Crippen LogP contribution in [0.25, 0.3) is 0 Å². The van der Waals surface area contributed by atoms with Crippen molar-refractivity contribution in [3.63, 3.8) is 0 Å². The van der Waals surface area contributed by atoms with Crippen LogP contribution in [0.5, 0.6) is 17.2 Å². The third kappa shape index (κ3) is 7.28. The molecule has 0 aliphatic heterocycles. The predicted octanol–water partition coefficient (Wildman–Crippen LogP) is 4.17. The second-order valence-corrected chi connectivity index (χ2v) is 7.48. The number of rotatable bonds is 10. The summed E-state index contributed by atoms with van der Waals surface area (Å²) in [5, 5.41) is 2.75. The SMILES string of the molecule is COc1cccc(NC(=O)COc2ccc(C(=O)N(C)CCOc3cccc(C)c3)cc2)c1. The zero-order valence-electron chi connectivity index (χ0n) is 19.0. The summed E-state index contributed by atoms with van der Waals surface area (Å²) in [5.41, 5.74) is 2.27. The van der Waals surface area contributed by atoms with Gasteiger partial charge in [0, 0.05) is 24.4 Å². The molecule has 1 N–H and O–H groups in total. The number of amides is 2. The summed E-state index contributed by atoms with van der Waals surface area (Å²) in [6.45, 7) is 2.70. The Bertz CT molecular complexity index is 1080. The fourth-order valence-electron chi connectivity index (χ4n) is 3.07. The molecular formula is C26H28N2O5. The van der Waals surface area contributed by atoms with Gasteiger partial charge in [-0.15, -0.1) is 0 Å². The highest BCUT2D eigenvalue weighted by Crippen LogP contribution is 2.17. The number of carbonyl (C=O) groups excluding carboxylic acids is 2. The molecular weight excluding hydrogens is 420 g/mol. The van der Waals surface area contributed by atoms with E-state index in [0.717, 1.165) is 11.3 Å². The molecule has 0 spiro atoms. The average Bonchev–Trinajstić information content (AvgIpc) is 2.82. The van der Waals surface area contributed by atoms with Crippen LogP contribution in [0, 0.1) is 6.92 Å². The van der Waals surface area contributed by atoms with Gasteiger partial charge in [0.15, 0.2) is 6.61 Å². The van der Waals surface area contributed by atoms with E-state index in [4.69, 9.17) is 14.2 Å². The normalized spacial score (nSPS) is 10.3. The van der Waals surface area contributed by atoms with Crippen molar-refractivity contribution in [1.82, 2.24) is 4.90 Å². The molecule has 0 aliphatic rings. The molecule has 0 unspecified atom stereocenters. The Labute approximate surface area is 193 Å². The Hall–Kier alpha value is -4.00. The largest absolute Gasteiger partial charge is 0.497 e. The molecule has 172 valence electrons. The van der Waals surface area contributed by atoms with Crippen LogP contribution in [0.4, 0.5) is 5.69 Å². The zero-order chi connectivity index (χ0) is 23.6. The first-order valence-corrected chi connectivity index (χ1v) is 10.6. The molecule has 0 saturated carbocycles. The standard InChI is InChI=1S/C26H28N2O5/c1-19-6-4-9-24(16-19)32-15-14-28(2)26(30)20-10-12-22(13-11-20)33-18-25(29)27-21-7-5-8-23(17-21)31-3/h4-13,16-17H,14-15,18H2,1-3H3,(H,27,29). The van der Waals surface area contributed by atoms with Gasteiger partial charge in [-0.25, -0.2) is 0 Å². The van der Waals surface area contributed by atoms with E-state index < -0.39 is 0 Å². The number of ether oxygens (including phenoxy) is 3. The number of nitrogens with one attached hydrogen (secondary N) is 1. The molecule has 0 aliphatic carbocycles. The summed E-state index contributed by atoms with van der Waals surface area (Å²) < 4.78 is 16.4. The lowest BCUT2D eigenvalue weighted by atomic mass is 10.2. The first-order chi connectivity index (χ1) is 15.9. The fourth-order valence-corrected chi connectivity index (χ4v) is 3.07. The van der Waals surface area contributed by atoms with Gasteiger partial charge in [0.05, 0.1) is 13.7 Å². The third-order valence-electron chi connectivity index (χ3n) is 4.86. The van der Waals surface area contributed by atoms with E-state index in [-0.39, 0.29) is 18.4 Å². The Kier molecular flexibility index (Phi) is 8.30. The highest BCUT2D eigenvalue weighted by molar-refractivity contribution is 5.94. The summed E-state index contributed by atoms with van der Waals surface area (Å²) in [4.78, 5) is 26.4. The Morgan fingerprint density at radius 2 is 1.61 bits per heavy atom. The highest BCUT2D eigenvalue weighted by Gasteiger charge is 2.12. The second-order valence-electron chi connectivity index (χ2n) is 7.48. The monoisotopic (exact) mass is 448 g/mol. The molecule has 0 fully saturated rings. The maximum atomic E-state index is 12.6. The highest BCUT2D eigenvalue weighted by atomic mass is 16.5. The van der Waals surface area contributed by atoms with Crippen molar-refractivity contribution < 1.29 is 23.8 Å². The minimum atomic E-state index is -0.295. The molecule has 3 rings (SSSR count). The average molecular weight is 449 g/mol. The van der Waals surface area contributed by atoms with Gasteiger partial charge in [-0.05, 0) is 61.0 Å². The second kappa shape index (κ2) is 11.6. The number of aryl methyl sites for hydroxylation is 1. The van der Waals surface area contributed by atoms with Crippen LogP contribution in [0.3, 0.4) is 0 Å². The van der Waals surface area contributed by atoms with Crippen LogP contribution in [-0.2, 0) is 4.79 Å². The number of benzene rings is 3. The summed E-state index contributed by atoms with van der Waals surface area (Å²) >= 11 is 0. The number of anilines is 1. The lowest BCUT2D eigenvalue weighted by Gasteiger charge is -2.18. The van der Waals surface area contributed by atoms with E-state index >= 15 is 0 Å². The van der Waals surface area contributed by atoms with Crippen LogP contribution in [-0.4, -0.2) is 50.6 Å². The van der Waals surface area contributed by atoms with E-state index in [0.29, 0.717) is 35.9 Å². The van der Waals surface area contributed by atoms with Crippen molar-refractivity contribution in [3.05, 3.63) is 83.9 Å². The smallest absolute Gasteiger partial charge is 0.262 e. The zero-order valence-corrected chi connectivity index (χ0v) is 19.0. The summed E-state index contributed by atoms with van der Waals surface area (Å²) in [6.07, 6.45) is 0. The first kappa shape index (κ1) is 23.7. The van der Waals surface area contributed by atoms with Crippen molar-refractivity contribution in [2.24, 2.45) is 0 Å². The fraction of sp³-hybridized carbons (Fsp3) is 0.231. The predicted molar refractivity (Wildman–Crippen MR) is 127 cm³/mol. The van der Waals surface area contributed by atoms with Gasteiger partial charge in [-0.1, -0.05) is 18.2 Å². The van der Waals surface area contributed by atoms with E-state index in [1.165, 1.54) is 0 Å². The molecule has 33 heavy (non-hydrogen) atoms. The molecule has 0 heterocycles. The quantitative estimate of drug-likeness (QED) is 0.504. The first-order valence-electron chi connectivity index (χ1n) is 10.6. The number of carbonyl (C=O) groups is 2. The molecule has 3 aromatic carbocycles. The van der Waals surface area contributed by atoms with Crippen molar-refractivity contribution in [2.45, 2.75) is 6.92 Å². The molecule has 0 bridgehead atoms. The molecule has 3 aromatic rings. The van der Waals surface area contributed by atoms with Crippen LogP contribution in [0.2, 0.25) is 0 Å². The van der Waals surface area contributed by atoms with Gasteiger partial charge < -0.3 is 24.4 Å². The maximum Gasteiger partial charge on any atom is 0.262 e. The van der Waals surface area contributed by atoms with E-state index in [2.05, 4.69) is 5.32 Å². The number of likely N-dealkylation sites (N-methyl/N-ethyl adjacent to an activating group) is 1. The molecule has 0 radical (unpaired) electrons. The van der Waals surface area contributed by atoms with Crippen molar-refractivity contribution >= 4 is 17.5 Å². The van der Waals surface area contributed by atoms with Gasteiger partial charge in [-0.3, -0.25) is 9.59 Å². The van der Waals surface area contributed by atoms with Gasteiger partial charge >= 0.3 is 0 Å². The number of hydrogen-bond acceptors (Lipinski definition) is 5. The topological polar surface area (TPSA) is 77.1 Å². The molecule has 7 nitrogen and oxygen atoms in total. The van der Waals surface area contributed by atoms with E-state index in [9.17, 15) is 9.59 Å². The Morgan fingerprint density at radius 3 is 2.33 bits per heavy atom. The minimum absolute atomic E-state index is 0.120. The van der Waals surface area contributed by atoms with Crippen LogP contribution in [0.15, 0.2) is 72.8 Å². The Balaban J connectivity index is 1.44. The van der Waals surface area contributed by atoms with E-state index in [1.54, 1.807) is 67.6 Å². The van der Waals surface area contributed by atoms with Crippen LogP contribution in [0.1, 0.15) is 15.9 Å². The van der Waals surface area contributed by atoms with Gasteiger partial charge in [0.2, 0.25) is 0 Å². The summed E-state index contributed by atoms with van der Waals surface area (Å²) in [6, 6.07) is 21.6. The third-order valence-corrected chi connectivity index (χ3v) is 4.86.